The van der Waals surface area contributed by atoms with Gasteiger partial charge in [0.2, 0.25) is 0 Å². The Morgan fingerprint density at radius 3 is 2.53 bits per heavy atom. The molecular weight excluding hydrogens is 238 g/mol. The molecule has 0 aliphatic heterocycles. The van der Waals surface area contributed by atoms with Gasteiger partial charge in [0, 0.05) is 18.0 Å². The Bertz CT molecular complexity index is 378. The minimum absolute atomic E-state index is 0.0952. The number of benzene rings is 1. The third kappa shape index (κ3) is 3.89. The van der Waals surface area contributed by atoms with E-state index in [0.717, 1.165) is 0 Å². The van der Waals surface area contributed by atoms with Gasteiger partial charge in [-0.05, 0) is 12.5 Å². The number of methoxy groups -OCH3 is 1. The van der Waals surface area contributed by atoms with Crippen LogP contribution in [-0.4, -0.2) is 13.3 Å². The van der Waals surface area contributed by atoms with E-state index in [1.165, 1.54) is 25.3 Å². The molecule has 0 unspecified atom stereocenters. The summed E-state index contributed by atoms with van der Waals surface area (Å²) >= 11 is 0. The Balaban J connectivity index is 2.82. The molecule has 0 saturated carbocycles. The summed E-state index contributed by atoms with van der Waals surface area (Å²) in [6.07, 6.45) is -5.57. The number of alkyl halides is 3. The molecule has 1 rings (SSSR count). The lowest BCUT2D eigenvalue weighted by atomic mass is 10.0. The smallest absolute Gasteiger partial charge is 0.389 e. The SMILES string of the molecule is COc1c(F)cccc1[C@H](N)CCC(F)(F)F. The molecular formula is C11H13F4NO. The number of ether oxygens (including phenoxy) is 1. The fourth-order valence-electron chi connectivity index (χ4n) is 1.51. The predicted molar refractivity (Wildman–Crippen MR) is 55.2 cm³/mol. The van der Waals surface area contributed by atoms with Gasteiger partial charge in [-0.2, -0.15) is 13.2 Å². The molecule has 6 heteroatoms. The van der Waals surface area contributed by atoms with Gasteiger partial charge in [0.25, 0.3) is 0 Å². The average molecular weight is 251 g/mol. The Hall–Kier alpha value is -1.30. The molecule has 2 nitrogen and oxygen atoms in total. The lowest BCUT2D eigenvalue weighted by Crippen LogP contribution is -2.16. The van der Waals surface area contributed by atoms with E-state index in [1.807, 2.05) is 0 Å². The highest BCUT2D eigenvalue weighted by atomic mass is 19.4. The maximum absolute atomic E-state index is 13.3. The van der Waals surface area contributed by atoms with Gasteiger partial charge in [-0.15, -0.1) is 0 Å². The van der Waals surface area contributed by atoms with Gasteiger partial charge in [0.15, 0.2) is 11.6 Å². The number of nitrogens with two attached hydrogens (primary N) is 1. The lowest BCUT2D eigenvalue weighted by molar-refractivity contribution is -0.136. The van der Waals surface area contributed by atoms with Crippen LogP contribution in [0.25, 0.3) is 0 Å². The van der Waals surface area contributed by atoms with E-state index in [4.69, 9.17) is 10.5 Å². The highest BCUT2D eigenvalue weighted by molar-refractivity contribution is 5.37. The molecule has 0 radical (unpaired) electrons. The van der Waals surface area contributed by atoms with Crippen LogP contribution in [0, 0.1) is 5.82 Å². The van der Waals surface area contributed by atoms with Crippen LogP contribution in [0.4, 0.5) is 17.6 Å². The van der Waals surface area contributed by atoms with Gasteiger partial charge in [-0.25, -0.2) is 4.39 Å². The van der Waals surface area contributed by atoms with Crippen molar-refractivity contribution in [1.29, 1.82) is 0 Å². The number of halogens is 4. The van der Waals surface area contributed by atoms with Crippen molar-refractivity contribution in [1.82, 2.24) is 0 Å². The highest BCUT2D eigenvalue weighted by Gasteiger charge is 2.28. The normalized spacial score (nSPS) is 13.5. The summed E-state index contributed by atoms with van der Waals surface area (Å²) in [6, 6.07) is 3.12. The van der Waals surface area contributed by atoms with Gasteiger partial charge in [-0.1, -0.05) is 12.1 Å². The van der Waals surface area contributed by atoms with Gasteiger partial charge < -0.3 is 10.5 Å². The number of hydrogen-bond donors (Lipinski definition) is 1. The van der Waals surface area contributed by atoms with Crippen molar-refractivity contribution in [3.63, 3.8) is 0 Å². The Morgan fingerprint density at radius 2 is 2.00 bits per heavy atom. The van der Waals surface area contributed by atoms with Gasteiger partial charge in [0.1, 0.15) is 0 Å². The maximum atomic E-state index is 13.3. The quantitative estimate of drug-likeness (QED) is 0.834. The summed E-state index contributed by atoms with van der Waals surface area (Å²) < 4.78 is 54.2. The third-order valence-electron chi connectivity index (χ3n) is 2.34. The minimum Gasteiger partial charge on any atom is -0.493 e. The second-order valence-electron chi connectivity index (χ2n) is 3.62. The van der Waals surface area contributed by atoms with E-state index in [2.05, 4.69) is 0 Å². The van der Waals surface area contributed by atoms with Crippen LogP contribution in [0.15, 0.2) is 18.2 Å². The van der Waals surface area contributed by atoms with E-state index in [9.17, 15) is 17.6 Å². The molecule has 0 amide bonds. The minimum atomic E-state index is -4.27. The Kier molecular flexibility index (Phi) is 4.34. The molecule has 0 aliphatic rings. The fourth-order valence-corrected chi connectivity index (χ4v) is 1.51. The second kappa shape index (κ2) is 5.35. The van der Waals surface area contributed by atoms with Gasteiger partial charge >= 0.3 is 6.18 Å². The number of rotatable bonds is 4. The zero-order valence-electron chi connectivity index (χ0n) is 9.22. The summed E-state index contributed by atoms with van der Waals surface area (Å²) in [4.78, 5) is 0. The topological polar surface area (TPSA) is 35.2 Å². The molecule has 0 spiro atoms. The van der Waals surface area contributed by atoms with Crippen molar-refractivity contribution in [2.75, 3.05) is 7.11 Å². The second-order valence-corrected chi connectivity index (χ2v) is 3.62. The first kappa shape index (κ1) is 13.8. The summed E-state index contributed by atoms with van der Waals surface area (Å²) in [7, 11) is 1.25. The molecule has 2 N–H and O–H groups in total. The predicted octanol–water partition coefficient (Wildman–Crippen LogP) is 3.18. The third-order valence-corrected chi connectivity index (χ3v) is 2.34. The molecule has 0 fully saturated rings. The largest absolute Gasteiger partial charge is 0.493 e. The van der Waals surface area contributed by atoms with Crippen molar-refractivity contribution in [3.8, 4) is 5.75 Å². The number of para-hydroxylation sites is 1. The van der Waals surface area contributed by atoms with E-state index in [-0.39, 0.29) is 17.7 Å². The lowest BCUT2D eigenvalue weighted by Gasteiger charge is -2.16. The van der Waals surface area contributed by atoms with Crippen LogP contribution < -0.4 is 10.5 Å². The molecule has 0 aromatic heterocycles. The summed E-state index contributed by atoms with van der Waals surface area (Å²) in [6.45, 7) is 0. The van der Waals surface area contributed by atoms with Crippen molar-refractivity contribution in [2.45, 2.75) is 25.1 Å². The molecule has 0 bridgehead atoms. The molecule has 0 aliphatic carbocycles. The van der Waals surface area contributed by atoms with E-state index in [0.29, 0.717) is 0 Å². The molecule has 0 saturated heterocycles. The fraction of sp³-hybridized carbons (Fsp3) is 0.455. The molecule has 1 aromatic carbocycles. The van der Waals surface area contributed by atoms with E-state index in [1.54, 1.807) is 0 Å². The molecule has 0 heterocycles. The summed E-state index contributed by atoms with van der Waals surface area (Å²) in [5, 5.41) is 0. The first-order valence-electron chi connectivity index (χ1n) is 5.00. The first-order chi connectivity index (χ1) is 7.85. The Morgan fingerprint density at radius 1 is 1.35 bits per heavy atom. The zero-order valence-corrected chi connectivity index (χ0v) is 9.22. The first-order valence-corrected chi connectivity index (χ1v) is 5.00. The zero-order chi connectivity index (χ0) is 13.1. The van der Waals surface area contributed by atoms with Crippen molar-refractivity contribution in [3.05, 3.63) is 29.6 Å². The van der Waals surface area contributed by atoms with Crippen molar-refractivity contribution in [2.24, 2.45) is 5.73 Å². The van der Waals surface area contributed by atoms with Crippen LogP contribution in [0.5, 0.6) is 5.75 Å². The van der Waals surface area contributed by atoms with Crippen LogP contribution in [0.1, 0.15) is 24.4 Å². The molecule has 1 aromatic rings. The molecule has 1 atom stereocenters. The average Bonchev–Trinajstić information content (AvgIpc) is 2.24. The summed E-state index contributed by atoms with van der Waals surface area (Å²) in [5.41, 5.74) is 5.85. The summed E-state index contributed by atoms with van der Waals surface area (Å²) in [5.74, 6) is -0.727. The maximum Gasteiger partial charge on any atom is 0.389 e. The highest BCUT2D eigenvalue weighted by Crippen LogP contribution is 2.31. The van der Waals surface area contributed by atoms with Crippen LogP contribution >= 0.6 is 0 Å². The Labute approximate surface area is 96.4 Å². The van der Waals surface area contributed by atoms with Crippen molar-refractivity contribution >= 4 is 0 Å². The van der Waals surface area contributed by atoms with Gasteiger partial charge in [-0.3, -0.25) is 0 Å². The molecule has 96 valence electrons. The number of hydrogen-bond acceptors (Lipinski definition) is 2. The van der Waals surface area contributed by atoms with Crippen molar-refractivity contribution < 1.29 is 22.3 Å². The molecule has 17 heavy (non-hydrogen) atoms. The monoisotopic (exact) mass is 251 g/mol. The van der Waals surface area contributed by atoms with Crippen LogP contribution in [-0.2, 0) is 0 Å². The van der Waals surface area contributed by atoms with E-state index < -0.39 is 24.5 Å². The van der Waals surface area contributed by atoms with E-state index >= 15 is 0 Å². The van der Waals surface area contributed by atoms with Crippen LogP contribution in [0.2, 0.25) is 0 Å². The van der Waals surface area contributed by atoms with Crippen LogP contribution in [0.3, 0.4) is 0 Å². The standard InChI is InChI=1S/C11H13F4NO/c1-17-10-7(3-2-4-8(10)12)9(16)5-6-11(13,14)15/h2-4,9H,5-6,16H2,1H3/t9-/m1/s1. The van der Waals surface area contributed by atoms with Gasteiger partial charge in [0.05, 0.1) is 7.11 Å².